The first kappa shape index (κ1) is 12.3. The van der Waals surface area contributed by atoms with E-state index in [2.05, 4.69) is 18.7 Å². The Labute approximate surface area is 101 Å². The standard InChI is InChI=1S/C13H18F2N2/c1-3-16-6-7-17(9-10(16)2)13-5-4-11(14)8-12(13)15/h4-5,8,10H,3,6-7,9H2,1-2H3. The molecule has 0 bridgehead atoms. The zero-order valence-corrected chi connectivity index (χ0v) is 10.3. The Hall–Kier alpha value is -1.16. The molecule has 1 unspecified atom stereocenters. The van der Waals surface area contributed by atoms with E-state index in [4.69, 9.17) is 0 Å². The second kappa shape index (κ2) is 5.00. The van der Waals surface area contributed by atoms with E-state index in [1.165, 1.54) is 12.1 Å². The molecule has 1 atom stereocenters. The van der Waals surface area contributed by atoms with Crippen LogP contribution >= 0.6 is 0 Å². The smallest absolute Gasteiger partial charge is 0.149 e. The number of likely N-dealkylation sites (N-methyl/N-ethyl adjacent to an activating group) is 1. The SMILES string of the molecule is CCN1CCN(c2ccc(F)cc2F)CC1C. The van der Waals surface area contributed by atoms with Crippen molar-refractivity contribution in [1.29, 1.82) is 0 Å². The van der Waals surface area contributed by atoms with E-state index in [-0.39, 0.29) is 0 Å². The van der Waals surface area contributed by atoms with Gasteiger partial charge in [0.15, 0.2) is 0 Å². The van der Waals surface area contributed by atoms with Crippen molar-refractivity contribution in [3.63, 3.8) is 0 Å². The molecule has 0 aliphatic carbocycles. The van der Waals surface area contributed by atoms with E-state index < -0.39 is 11.6 Å². The molecule has 4 heteroatoms. The van der Waals surface area contributed by atoms with Crippen LogP contribution in [-0.2, 0) is 0 Å². The van der Waals surface area contributed by atoms with Gasteiger partial charge < -0.3 is 4.90 Å². The average Bonchev–Trinajstić information content (AvgIpc) is 2.29. The van der Waals surface area contributed by atoms with Crippen LogP contribution in [0.3, 0.4) is 0 Å². The normalized spacial score (nSPS) is 21.9. The van der Waals surface area contributed by atoms with Crippen molar-refractivity contribution in [3.8, 4) is 0 Å². The van der Waals surface area contributed by atoms with Gasteiger partial charge in [-0.15, -0.1) is 0 Å². The minimum atomic E-state index is -0.522. The Kier molecular flexibility index (Phi) is 3.62. The van der Waals surface area contributed by atoms with Crippen LogP contribution in [0.25, 0.3) is 0 Å². The van der Waals surface area contributed by atoms with E-state index >= 15 is 0 Å². The van der Waals surface area contributed by atoms with Gasteiger partial charge in [0.2, 0.25) is 0 Å². The molecule has 0 amide bonds. The van der Waals surface area contributed by atoms with Gasteiger partial charge >= 0.3 is 0 Å². The van der Waals surface area contributed by atoms with Gasteiger partial charge in [0.05, 0.1) is 5.69 Å². The predicted molar refractivity (Wildman–Crippen MR) is 65.3 cm³/mol. The Bertz CT molecular complexity index is 395. The number of nitrogens with zero attached hydrogens (tertiary/aromatic N) is 2. The molecule has 1 aliphatic heterocycles. The van der Waals surface area contributed by atoms with Gasteiger partial charge in [0.1, 0.15) is 11.6 Å². The van der Waals surface area contributed by atoms with Crippen LogP contribution in [0.5, 0.6) is 0 Å². The lowest BCUT2D eigenvalue weighted by Crippen LogP contribution is -2.51. The molecule has 0 spiro atoms. The molecular formula is C13H18F2N2. The number of hydrogen-bond acceptors (Lipinski definition) is 2. The maximum atomic E-state index is 13.6. The first-order valence-corrected chi connectivity index (χ1v) is 6.06. The van der Waals surface area contributed by atoms with Crippen molar-refractivity contribution >= 4 is 5.69 Å². The summed E-state index contributed by atoms with van der Waals surface area (Å²) < 4.78 is 26.5. The lowest BCUT2D eigenvalue weighted by atomic mass is 10.1. The van der Waals surface area contributed by atoms with Gasteiger partial charge in [-0.1, -0.05) is 6.92 Å². The van der Waals surface area contributed by atoms with Crippen molar-refractivity contribution in [3.05, 3.63) is 29.8 Å². The van der Waals surface area contributed by atoms with Crippen LogP contribution < -0.4 is 4.90 Å². The van der Waals surface area contributed by atoms with E-state index in [1.54, 1.807) is 0 Å². The lowest BCUT2D eigenvalue weighted by molar-refractivity contribution is 0.199. The quantitative estimate of drug-likeness (QED) is 0.783. The summed E-state index contributed by atoms with van der Waals surface area (Å²) in [6.07, 6.45) is 0. The fourth-order valence-corrected chi connectivity index (χ4v) is 2.42. The van der Waals surface area contributed by atoms with E-state index in [0.717, 1.165) is 32.2 Å². The fraction of sp³-hybridized carbons (Fsp3) is 0.538. The van der Waals surface area contributed by atoms with Crippen molar-refractivity contribution in [2.24, 2.45) is 0 Å². The number of rotatable bonds is 2. The predicted octanol–water partition coefficient (Wildman–Crippen LogP) is 2.50. The fourth-order valence-electron chi connectivity index (χ4n) is 2.42. The maximum absolute atomic E-state index is 13.6. The monoisotopic (exact) mass is 240 g/mol. The second-order valence-electron chi connectivity index (χ2n) is 4.52. The van der Waals surface area contributed by atoms with Crippen molar-refractivity contribution in [2.75, 3.05) is 31.1 Å². The molecule has 1 fully saturated rings. The van der Waals surface area contributed by atoms with Crippen LogP contribution in [0.15, 0.2) is 18.2 Å². The molecule has 0 N–H and O–H groups in total. The molecule has 2 nitrogen and oxygen atoms in total. The van der Waals surface area contributed by atoms with E-state index in [9.17, 15) is 8.78 Å². The van der Waals surface area contributed by atoms with Gasteiger partial charge in [-0.3, -0.25) is 4.90 Å². The highest BCUT2D eigenvalue weighted by Crippen LogP contribution is 2.23. The Morgan fingerprint density at radius 2 is 2.06 bits per heavy atom. The van der Waals surface area contributed by atoms with Crippen LogP contribution in [-0.4, -0.2) is 37.1 Å². The largest absolute Gasteiger partial charge is 0.366 e. The average molecular weight is 240 g/mol. The zero-order valence-electron chi connectivity index (χ0n) is 10.3. The Balaban J connectivity index is 2.14. The summed E-state index contributed by atoms with van der Waals surface area (Å²) in [5.74, 6) is -0.992. The van der Waals surface area contributed by atoms with Crippen LogP contribution in [0, 0.1) is 11.6 Å². The summed E-state index contributed by atoms with van der Waals surface area (Å²) in [6.45, 7) is 7.79. The first-order valence-electron chi connectivity index (χ1n) is 6.06. The summed E-state index contributed by atoms with van der Waals surface area (Å²) in [4.78, 5) is 4.35. The number of benzene rings is 1. The van der Waals surface area contributed by atoms with Gasteiger partial charge in [0, 0.05) is 31.7 Å². The molecule has 1 aromatic carbocycles. The van der Waals surface area contributed by atoms with Gasteiger partial charge in [0.25, 0.3) is 0 Å². The van der Waals surface area contributed by atoms with Crippen LogP contribution in [0.4, 0.5) is 14.5 Å². The van der Waals surface area contributed by atoms with Crippen molar-refractivity contribution in [2.45, 2.75) is 19.9 Å². The summed E-state index contributed by atoms with van der Waals surface area (Å²) >= 11 is 0. The van der Waals surface area contributed by atoms with Gasteiger partial charge in [-0.25, -0.2) is 8.78 Å². The molecule has 2 rings (SSSR count). The minimum Gasteiger partial charge on any atom is -0.366 e. The summed E-state index contributed by atoms with van der Waals surface area (Å²) in [7, 11) is 0. The first-order chi connectivity index (χ1) is 8.11. The second-order valence-corrected chi connectivity index (χ2v) is 4.52. The molecule has 17 heavy (non-hydrogen) atoms. The number of piperazine rings is 1. The lowest BCUT2D eigenvalue weighted by Gasteiger charge is -2.40. The molecule has 1 saturated heterocycles. The van der Waals surface area contributed by atoms with Gasteiger partial charge in [-0.05, 0) is 25.6 Å². The van der Waals surface area contributed by atoms with Crippen molar-refractivity contribution < 1.29 is 8.78 Å². The van der Waals surface area contributed by atoms with Gasteiger partial charge in [-0.2, -0.15) is 0 Å². The third kappa shape index (κ3) is 2.57. The highest BCUT2D eigenvalue weighted by atomic mass is 19.1. The van der Waals surface area contributed by atoms with Crippen molar-refractivity contribution in [1.82, 2.24) is 4.90 Å². The third-order valence-corrected chi connectivity index (χ3v) is 3.42. The topological polar surface area (TPSA) is 6.48 Å². The molecule has 1 aromatic rings. The molecule has 0 saturated carbocycles. The molecule has 1 aliphatic rings. The molecule has 94 valence electrons. The van der Waals surface area contributed by atoms with E-state index in [1.807, 2.05) is 4.90 Å². The Morgan fingerprint density at radius 1 is 1.29 bits per heavy atom. The highest BCUT2D eigenvalue weighted by Gasteiger charge is 2.24. The minimum absolute atomic E-state index is 0.401. The molecule has 1 heterocycles. The highest BCUT2D eigenvalue weighted by molar-refractivity contribution is 5.48. The zero-order chi connectivity index (χ0) is 12.4. The van der Waals surface area contributed by atoms with Crippen LogP contribution in [0.1, 0.15) is 13.8 Å². The maximum Gasteiger partial charge on any atom is 0.149 e. The number of anilines is 1. The summed E-state index contributed by atoms with van der Waals surface area (Å²) in [5, 5.41) is 0. The van der Waals surface area contributed by atoms with Crippen LogP contribution in [0.2, 0.25) is 0 Å². The Morgan fingerprint density at radius 3 is 2.65 bits per heavy atom. The third-order valence-electron chi connectivity index (χ3n) is 3.42. The summed E-state index contributed by atoms with van der Waals surface area (Å²) in [5.41, 5.74) is 0.508. The molecule has 0 radical (unpaired) electrons. The summed E-state index contributed by atoms with van der Waals surface area (Å²) in [6, 6.07) is 4.19. The number of hydrogen-bond donors (Lipinski definition) is 0. The number of halogens is 2. The van der Waals surface area contributed by atoms with E-state index in [0.29, 0.717) is 11.7 Å². The molecule has 0 aromatic heterocycles. The molecular weight excluding hydrogens is 222 g/mol.